The maximum absolute atomic E-state index is 11.3. The van der Waals surface area contributed by atoms with Gasteiger partial charge in [0, 0.05) is 24.6 Å². The summed E-state index contributed by atoms with van der Waals surface area (Å²) in [5.41, 5.74) is 0.697. The van der Waals surface area contributed by atoms with E-state index in [1.807, 2.05) is 12.1 Å². The molecule has 1 aromatic carbocycles. The number of Topliss-reactive ketones (excluding diaryl/α,β-unsaturated/α-hetero) is 1. The van der Waals surface area contributed by atoms with E-state index in [-0.39, 0.29) is 11.7 Å². The van der Waals surface area contributed by atoms with Crippen molar-refractivity contribution in [2.45, 2.75) is 11.8 Å². The maximum Gasteiger partial charge on any atom is 0.232 e. The predicted octanol–water partition coefficient (Wildman–Crippen LogP) is 2.07. The Morgan fingerprint density at radius 3 is 2.19 bits per heavy atom. The highest BCUT2D eigenvalue weighted by Gasteiger charge is 2.05. The smallest absolute Gasteiger partial charge is 0.232 e. The van der Waals surface area contributed by atoms with Gasteiger partial charge in [-0.15, -0.1) is 11.8 Å². The van der Waals surface area contributed by atoms with E-state index in [0.717, 1.165) is 4.90 Å². The predicted molar refractivity (Wildman–Crippen MR) is 65.9 cm³/mol. The van der Waals surface area contributed by atoms with E-state index in [1.54, 1.807) is 31.1 Å². The van der Waals surface area contributed by atoms with Gasteiger partial charge in [-0.1, -0.05) is 12.1 Å². The van der Waals surface area contributed by atoms with Gasteiger partial charge < -0.3 is 4.90 Å². The van der Waals surface area contributed by atoms with E-state index in [2.05, 4.69) is 0 Å². The minimum Gasteiger partial charge on any atom is -0.348 e. The Bertz CT molecular complexity index is 385. The number of nitrogens with zero attached hydrogens (tertiary/aromatic N) is 1. The zero-order chi connectivity index (χ0) is 12.1. The Hall–Kier alpha value is -1.29. The second-order valence-electron chi connectivity index (χ2n) is 3.66. The standard InChI is InChI=1S/C12H15NO2S/c1-9(14)10-4-6-11(7-5-10)16-8-12(15)13(2)3/h4-7H,8H2,1-3H3. The van der Waals surface area contributed by atoms with Crippen molar-refractivity contribution in [2.75, 3.05) is 19.8 Å². The zero-order valence-electron chi connectivity index (χ0n) is 9.69. The maximum atomic E-state index is 11.3. The van der Waals surface area contributed by atoms with E-state index in [9.17, 15) is 9.59 Å². The van der Waals surface area contributed by atoms with E-state index >= 15 is 0 Å². The van der Waals surface area contributed by atoms with E-state index in [0.29, 0.717) is 11.3 Å². The van der Waals surface area contributed by atoms with Crippen LogP contribution in [0.2, 0.25) is 0 Å². The fraction of sp³-hybridized carbons (Fsp3) is 0.333. The third-order valence-corrected chi connectivity index (χ3v) is 3.12. The summed E-state index contributed by atoms with van der Waals surface area (Å²) in [6.45, 7) is 1.54. The van der Waals surface area contributed by atoms with Gasteiger partial charge in [-0.2, -0.15) is 0 Å². The first-order valence-electron chi connectivity index (χ1n) is 4.94. The van der Waals surface area contributed by atoms with Crippen molar-refractivity contribution in [1.82, 2.24) is 4.90 Å². The first-order valence-corrected chi connectivity index (χ1v) is 5.93. The van der Waals surface area contributed by atoms with Crippen molar-refractivity contribution in [3.63, 3.8) is 0 Å². The van der Waals surface area contributed by atoms with Crippen molar-refractivity contribution in [3.8, 4) is 0 Å². The van der Waals surface area contributed by atoms with Crippen molar-refractivity contribution < 1.29 is 9.59 Å². The highest BCUT2D eigenvalue weighted by Crippen LogP contribution is 2.18. The van der Waals surface area contributed by atoms with Crippen molar-refractivity contribution in [2.24, 2.45) is 0 Å². The van der Waals surface area contributed by atoms with E-state index in [4.69, 9.17) is 0 Å². The average Bonchev–Trinajstić information content (AvgIpc) is 2.26. The molecule has 0 aliphatic carbocycles. The fourth-order valence-corrected chi connectivity index (χ4v) is 1.94. The van der Waals surface area contributed by atoms with Crippen LogP contribution in [0.1, 0.15) is 17.3 Å². The Kier molecular flexibility index (Phi) is 4.55. The van der Waals surface area contributed by atoms with Crippen LogP contribution in [0.5, 0.6) is 0 Å². The van der Waals surface area contributed by atoms with Gasteiger partial charge in [0.15, 0.2) is 5.78 Å². The third kappa shape index (κ3) is 3.70. The number of ketones is 1. The molecule has 0 aliphatic rings. The zero-order valence-corrected chi connectivity index (χ0v) is 10.5. The van der Waals surface area contributed by atoms with Crippen LogP contribution >= 0.6 is 11.8 Å². The lowest BCUT2D eigenvalue weighted by Gasteiger charge is -2.09. The molecule has 0 aromatic heterocycles. The molecule has 3 nitrogen and oxygen atoms in total. The number of carbonyl (C=O) groups excluding carboxylic acids is 2. The van der Waals surface area contributed by atoms with Gasteiger partial charge in [0.25, 0.3) is 0 Å². The van der Waals surface area contributed by atoms with Crippen LogP contribution in [-0.2, 0) is 4.79 Å². The molecule has 0 radical (unpaired) electrons. The number of carbonyl (C=O) groups is 2. The van der Waals surface area contributed by atoms with Gasteiger partial charge in [-0.05, 0) is 19.1 Å². The third-order valence-electron chi connectivity index (χ3n) is 2.12. The summed E-state index contributed by atoms with van der Waals surface area (Å²) in [5.74, 6) is 0.563. The monoisotopic (exact) mass is 237 g/mol. The van der Waals surface area contributed by atoms with Gasteiger partial charge in [0.05, 0.1) is 5.75 Å². The van der Waals surface area contributed by atoms with Crippen molar-refractivity contribution in [1.29, 1.82) is 0 Å². The van der Waals surface area contributed by atoms with Crippen LogP contribution in [0.3, 0.4) is 0 Å². The number of hydrogen-bond acceptors (Lipinski definition) is 3. The minimum atomic E-state index is 0.0564. The van der Waals surface area contributed by atoms with Crippen LogP contribution in [0, 0.1) is 0 Å². The van der Waals surface area contributed by atoms with Gasteiger partial charge in [0.2, 0.25) is 5.91 Å². The Morgan fingerprint density at radius 2 is 1.75 bits per heavy atom. The second-order valence-corrected chi connectivity index (χ2v) is 4.71. The highest BCUT2D eigenvalue weighted by molar-refractivity contribution is 8.00. The lowest BCUT2D eigenvalue weighted by Crippen LogP contribution is -2.23. The number of benzene rings is 1. The van der Waals surface area contributed by atoms with Gasteiger partial charge >= 0.3 is 0 Å². The summed E-state index contributed by atoms with van der Waals surface area (Å²) in [5, 5.41) is 0. The van der Waals surface area contributed by atoms with Crippen LogP contribution in [-0.4, -0.2) is 36.4 Å². The van der Waals surface area contributed by atoms with Crippen LogP contribution in [0.4, 0.5) is 0 Å². The molecule has 1 amide bonds. The quantitative estimate of drug-likeness (QED) is 0.594. The van der Waals surface area contributed by atoms with Gasteiger partial charge in [-0.3, -0.25) is 9.59 Å². The number of hydrogen-bond donors (Lipinski definition) is 0. The minimum absolute atomic E-state index is 0.0564. The molecule has 4 heteroatoms. The first-order chi connectivity index (χ1) is 7.50. The molecule has 0 unspecified atom stereocenters. The molecular formula is C12H15NO2S. The van der Waals surface area contributed by atoms with E-state index < -0.39 is 0 Å². The molecule has 0 heterocycles. The Labute approximate surface area is 99.8 Å². The summed E-state index contributed by atoms with van der Waals surface area (Å²) in [6, 6.07) is 7.30. The van der Waals surface area contributed by atoms with Crippen molar-refractivity contribution >= 4 is 23.5 Å². The normalized spacial score (nSPS) is 9.94. The average molecular weight is 237 g/mol. The van der Waals surface area contributed by atoms with E-state index in [1.165, 1.54) is 18.7 Å². The van der Waals surface area contributed by atoms with Crippen LogP contribution in [0.25, 0.3) is 0 Å². The summed E-state index contributed by atoms with van der Waals surface area (Å²) in [7, 11) is 3.48. The molecule has 86 valence electrons. The number of thioether (sulfide) groups is 1. The lowest BCUT2D eigenvalue weighted by molar-refractivity contribution is -0.125. The number of amides is 1. The van der Waals surface area contributed by atoms with Crippen LogP contribution < -0.4 is 0 Å². The molecule has 16 heavy (non-hydrogen) atoms. The van der Waals surface area contributed by atoms with Crippen molar-refractivity contribution in [3.05, 3.63) is 29.8 Å². The molecular weight excluding hydrogens is 222 g/mol. The number of rotatable bonds is 4. The Morgan fingerprint density at radius 1 is 1.19 bits per heavy atom. The molecule has 0 aliphatic heterocycles. The topological polar surface area (TPSA) is 37.4 Å². The molecule has 0 spiro atoms. The molecule has 1 aromatic rings. The molecule has 0 atom stereocenters. The van der Waals surface area contributed by atoms with Gasteiger partial charge in [-0.25, -0.2) is 0 Å². The fourth-order valence-electron chi connectivity index (χ4n) is 1.06. The molecule has 0 bridgehead atoms. The molecule has 0 N–H and O–H groups in total. The lowest BCUT2D eigenvalue weighted by atomic mass is 10.2. The SMILES string of the molecule is CC(=O)c1ccc(SCC(=O)N(C)C)cc1. The molecule has 0 saturated heterocycles. The molecule has 0 saturated carbocycles. The highest BCUT2D eigenvalue weighted by atomic mass is 32.2. The molecule has 1 rings (SSSR count). The summed E-state index contributed by atoms with van der Waals surface area (Å²) in [6.07, 6.45) is 0. The summed E-state index contributed by atoms with van der Waals surface area (Å²) >= 11 is 1.47. The summed E-state index contributed by atoms with van der Waals surface area (Å²) < 4.78 is 0. The Balaban J connectivity index is 2.56. The second kappa shape index (κ2) is 5.70. The largest absolute Gasteiger partial charge is 0.348 e. The summed E-state index contributed by atoms with van der Waals surface area (Å²) in [4.78, 5) is 25.0. The van der Waals surface area contributed by atoms with Gasteiger partial charge in [0.1, 0.15) is 0 Å². The molecule has 0 fully saturated rings. The van der Waals surface area contributed by atoms with Crippen LogP contribution in [0.15, 0.2) is 29.2 Å². The first kappa shape index (κ1) is 12.8.